The fourth-order valence-corrected chi connectivity index (χ4v) is 22.2. The lowest BCUT2D eigenvalue weighted by Crippen LogP contribution is -2.23. The molecule has 0 heterocycles. The Hall–Kier alpha value is -17.8. The highest BCUT2D eigenvalue weighted by atomic mass is 15.2. The highest BCUT2D eigenvalue weighted by Gasteiger charge is 2.45. The van der Waals surface area contributed by atoms with Gasteiger partial charge in [0.25, 0.3) is 0 Å². The van der Waals surface area contributed by atoms with Gasteiger partial charge in [0.2, 0.25) is 0 Å². The van der Waals surface area contributed by atoms with Crippen molar-refractivity contribution in [2.75, 3.05) is 14.7 Å². The summed E-state index contributed by atoms with van der Waals surface area (Å²) in [5, 5.41) is 0. The molecule has 3 nitrogen and oxygen atoms in total. The summed E-state index contributed by atoms with van der Waals surface area (Å²) >= 11 is 0. The van der Waals surface area contributed by atoms with Crippen LogP contribution in [0.1, 0.15) is 70.8 Å². The molecule has 0 amide bonds. The van der Waals surface area contributed by atoms with Crippen LogP contribution < -0.4 is 14.7 Å². The van der Waals surface area contributed by atoms with E-state index in [1.807, 2.05) is 0 Å². The van der Waals surface area contributed by atoms with Gasteiger partial charge in [-0.25, -0.2) is 0 Å². The highest BCUT2D eigenvalue weighted by Crippen LogP contribution is 2.59. The standard InChI is InChI=1S/C50H37N.2C44H33N/c1-50(41-20-9-4-10-21-41)48-26-12-11-23-46(48)47-25-14-24-45(49(47)50)39-29-33-43(34-30-39)51(42-31-27-38(28-32-42)36-15-5-2-6-16-36)44-22-13-19-40(35-44)37-17-7-3-8-18-37;1-44(35-19-9-4-10-20-35)41-23-13-11-22-39(41)40-30-29-37(31-42(40)44)45(36-27-25-33(26-28-36)32-15-5-2-6-16-32)43-24-14-12-21-38(43)34-17-7-3-8-18-34;1-44(36-17-9-4-10-18-36)42-20-12-11-19-40(42)41-30-29-39(31-43(41)44)45(37-25-21-34(22-26-37)32-13-5-2-6-14-32)38-27-23-35(24-28-38)33-15-7-3-8-16-33/h2-35H,1H3;2*2-31H,1H3. The smallest absolute Gasteiger partial charge is 0.0540 e. The minimum Gasteiger partial charge on any atom is -0.310 e. The second-order valence-electron chi connectivity index (χ2n) is 37.3. The fourth-order valence-electron chi connectivity index (χ4n) is 22.2. The number of hydrogen-bond donors (Lipinski definition) is 0. The third-order valence-corrected chi connectivity index (χ3v) is 29.3. The minimum atomic E-state index is -0.273. The average Bonchev–Trinajstić information content (AvgIpc) is 1.56. The summed E-state index contributed by atoms with van der Waals surface area (Å²) in [6, 6.07) is 207. The van der Waals surface area contributed by atoms with Gasteiger partial charge in [0.15, 0.2) is 0 Å². The van der Waals surface area contributed by atoms with Crippen LogP contribution in [0.3, 0.4) is 0 Å². The van der Waals surface area contributed by atoms with Gasteiger partial charge in [-0.05, 0) is 280 Å². The van der Waals surface area contributed by atoms with E-state index in [0.29, 0.717) is 0 Å². The molecule has 3 unspecified atom stereocenters. The highest BCUT2D eigenvalue weighted by molar-refractivity contribution is 5.96. The van der Waals surface area contributed by atoms with Gasteiger partial charge in [0.05, 0.1) is 5.69 Å². The number of para-hydroxylation sites is 1. The Morgan fingerprint density at radius 1 is 0.128 bits per heavy atom. The maximum absolute atomic E-state index is 2.43. The van der Waals surface area contributed by atoms with Crippen LogP contribution >= 0.6 is 0 Å². The van der Waals surface area contributed by atoms with Gasteiger partial charge in [0, 0.05) is 67.3 Å². The number of benzene rings is 22. The van der Waals surface area contributed by atoms with E-state index in [1.54, 1.807) is 0 Å². The summed E-state index contributed by atoms with van der Waals surface area (Å²) in [7, 11) is 0. The van der Waals surface area contributed by atoms with Crippen LogP contribution in [0.4, 0.5) is 51.2 Å². The lowest BCUT2D eigenvalue weighted by molar-refractivity contribution is 0.714. The van der Waals surface area contributed by atoms with Crippen LogP contribution in [0.15, 0.2) is 570 Å². The Kier molecular flexibility index (Phi) is 23.6. The molecule has 3 aliphatic carbocycles. The van der Waals surface area contributed by atoms with E-state index in [9.17, 15) is 0 Å². The van der Waals surface area contributed by atoms with E-state index in [0.717, 1.165) is 51.2 Å². The molecule has 22 aromatic carbocycles. The van der Waals surface area contributed by atoms with Crippen molar-refractivity contribution < 1.29 is 0 Å². The normalized spacial score (nSPS) is 14.7. The van der Waals surface area contributed by atoms with Crippen molar-refractivity contribution in [1.29, 1.82) is 0 Å². The third kappa shape index (κ3) is 16.4. The van der Waals surface area contributed by atoms with Crippen LogP contribution in [0, 0.1) is 0 Å². The van der Waals surface area contributed by atoms with Gasteiger partial charge in [-0.2, -0.15) is 0 Å². The van der Waals surface area contributed by atoms with Gasteiger partial charge < -0.3 is 14.7 Å². The summed E-state index contributed by atoms with van der Waals surface area (Å²) in [5.41, 5.74) is 46.2. The molecule has 0 spiro atoms. The third-order valence-electron chi connectivity index (χ3n) is 29.3. The first-order valence-electron chi connectivity index (χ1n) is 48.9. The molecule has 0 radical (unpaired) electrons. The Morgan fingerprint density at radius 2 is 0.355 bits per heavy atom. The van der Waals surface area contributed by atoms with E-state index in [1.165, 1.54) is 161 Å². The number of rotatable bonds is 19. The van der Waals surface area contributed by atoms with Gasteiger partial charge in [-0.1, -0.05) is 467 Å². The Balaban J connectivity index is 0.000000118. The van der Waals surface area contributed by atoms with Crippen LogP contribution in [-0.4, -0.2) is 0 Å². The van der Waals surface area contributed by atoms with Crippen molar-refractivity contribution in [3.05, 3.63) is 620 Å². The van der Waals surface area contributed by atoms with Crippen molar-refractivity contribution in [2.45, 2.75) is 37.0 Å². The maximum atomic E-state index is 2.43. The molecule has 0 aromatic heterocycles. The number of fused-ring (bicyclic) bond motifs is 9. The number of anilines is 9. The lowest BCUT2D eigenvalue weighted by atomic mass is 9.72. The quantitative estimate of drug-likeness (QED) is 0.0799. The van der Waals surface area contributed by atoms with Crippen LogP contribution in [0.2, 0.25) is 0 Å². The summed E-state index contributed by atoms with van der Waals surface area (Å²) in [4.78, 5) is 7.17. The molecule has 670 valence electrons. The second-order valence-corrected chi connectivity index (χ2v) is 37.3. The van der Waals surface area contributed by atoms with Crippen molar-refractivity contribution in [2.24, 2.45) is 0 Å². The summed E-state index contributed by atoms with van der Waals surface area (Å²) in [5.74, 6) is 0. The molecule has 0 aliphatic heterocycles. The van der Waals surface area contributed by atoms with Crippen LogP contribution in [0.25, 0.3) is 111 Å². The molecule has 141 heavy (non-hydrogen) atoms. The zero-order chi connectivity index (χ0) is 94.6. The number of hydrogen-bond acceptors (Lipinski definition) is 3. The second kappa shape index (κ2) is 38.1. The predicted molar refractivity (Wildman–Crippen MR) is 594 cm³/mol. The first-order chi connectivity index (χ1) is 69.6. The molecular formula is C138H103N3. The largest absolute Gasteiger partial charge is 0.310 e. The Bertz CT molecular complexity index is 8090. The van der Waals surface area contributed by atoms with E-state index in [2.05, 4.69) is 606 Å². The summed E-state index contributed by atoms with van der Waals surface area (Å²) in [6.45, 7) is 7.16. The first-order valence-corrected chi connectivity index (χ1v) is 48.9. The van der Waals surface area contributed by atoms with Gasteiger partial charge in [0.1, 0.15) is 0 Å². The molecule has 25 rings (SSSR count). The average molecular weight is 1800 g/mol. The molecule has 3 aliphatic rings. The molecule has 22 aromatic rings. The SMILES string of the molecule is CC1(c2ccccc2)c2ccccc2-c2ccc(N(c3ccc(-c4ccccc4)cc3)c3ccc(-c4ccccc4)cc3)cc21.CC1(c2ccccc2)c2ccccc2-c2ccc(N(c3ccc(-c4ccccc4)cc3)c3ccccc3-c3ccccc3)cc21.CC1(c2ccccc2)c2ccccc2-c2cccc(-c3ccc(N(c4ccc(-c5ccccc5)cc4)c4cccc(-c5ccccc5)c4)cc3)c21. The summed E-state index contributed by atoms with van der Waals surface area (Å²) < 4.78 is 0. The number of nitrogens with zero attached hydrogens (tertiary/aromatic N) is 3. The van der Waals surface area contributed by atoms with Gasteiger partial charge >= 0.3 is 0 Å². The van der Waals surface area contributed by atoms with Crippen molar-refractivity contribution in [3.8, 4) is 111 Å². The van der Waals surface area contributed by atoms with E-state index >= 15 is 0 Å². The summed E-state index contributed by atoms with van der Waals surface area (Å²) in [6.07, 6.45) is 0. The Labute approximate surface area is 828 Å². The van der Waals surface area contributed by atoms with Gasteiger partial charge in [-0.15, -0.1) is 0 Å². The topological polar surface area (TPSA) is 9.72 Å². The van der Waals surface area contributed by atoms with Crippen molar-refractivity contribution in [3.63, 3.8) is 0 Å². The molecule has 0 fully saturated rings. The molecule has 0 saturated heterocycles. The molecule has 3 heteroatoms. The Morgan fingerprint density at radius 3 is 0.738 bits per heavy atom. The molecular weight excluding hydrogens is 1700 g/mol. The zero-order valence-corrected chi connectivity index (χ0v) is 79.1. The maximum Gasteiger partial charge on any atom is 0.0540 e. The molecule has 0 saturated carbocycles. The van der Waals surface area contributed by atoms with Crippen molar-refractivity contribution >= 4 is 51.2 Å². The fraction of sp³-hybridized carbons (Fsp3) is 0.0435. The van der Waals surface area contributed by atoms with Gasteiger partial charge in [-0.3, -0.25) is 0 Å². The zero-order valence-electron chi connectivity index (χ0n) is 79.1. The van der Waals surface area contributed by atoms with Crippen LogP contribution in [0.5, 0.6) is 0 Å². The van der Waals surface area contributed by atoms with Crippen LogP contribution in [-0.2, 0) is 16.2 Å². The molecule has 3 atom stereocenters. The molecule has 0 bridgehead atoms. The minimum absolute atomic E-state index is 0.261. The van der Waals surface area contributed by atoms with Crippen molar-refractivity contribution in [1.82, 2.24) is 0 Å². The molecule has 0 N–H and O–H groups in total. The lowest BCUT2D eigenvalue weighted by Gasteiger charge is -2.31. The first kappa shape index (κ1) is 87.3. The predicted octanol–water partition coefficient (Wildman–Crippen LogP) is 37.1. The van der Waals surface area contributed by atoms with E-state index in [4.69, 9.17) is 0 Å². The van der Waals surface area contributed by atoms with E-state index < -0.39 is 0 Å². The monoisotopic (exact) mass is 1800 g/mol. The van der Waals surface area contributed by atoms with E-state index in [-0.39, 0.29) is 16.2 Å².